The number of ketones is 1. The Hall–Kier alpha value is -1.89. The summed E-state index contributed by atoms with van der Waals surface area (Å²) in [6.45, 7) is 3.46. The first-order valence-corrected chi connectivity index (χ1v) is 7.59. The van der Waals surface area contributed by atoms with Crippen molar-refractivity contribution in [3.05, 3.63) is 35.1 Å². The molecule has 0 bridgehead atoms. The summed E-state index contributed by atoms with van der Waals surface area (Å²) in [5.74, 6) is -6.83. The van der Waals surface area contributed by atoms with Gasteiger partial charge in [0, 0.05) is 6.42 Å². The van der Waals surface area contributed by atoms with Crippen LogP contribution in [0, 0.1) is 29.3 Å². The van der Waals surface area contributed by atoms with Crippen LogP contribution in [0.4, 0.5) is 13.2 Å². The lowest BCUT2D eigenvalue weighted by atomic mass is 9.90. The minimum Gasteiger partial charge on any atom is -0.468 e. The number of carbonyl (C=O) groups excluding carboxylic acids is 2. The molecular formula is C17H21F3O4. The molecule has 0 radical (unpaired) electrons. The molecule has 0 aliphatic carbocycles. The first kappa shape index (κ1) is 20.2. The molecule has 0 aliphatic rings. The maximum absolute atomic E-state index is 13.2. The van der Waals surface area contributed by atoms with Gasteiger partial charge in [-0.2, -0.15) is 0 Å². The van der Waals surface area contributed by atoms with Crippen LogP contribution in [-0.2, 0) is 20.7 Å². The Labute approximate surface area is 138 Å². The molecule has 7 heteroatoms. The van der Waals surface area contributed by atoms with E-state index < -0.39 is 41.2 Å². The molecule has 0 aliphatic heterocycles. The number of halogens is 3. The van der Waals surface area contributed by atoms with Gasteiger partial charge in [-0.3, -0.25) is 9.59 Å². The Kier molecular flexibility index (Phi) is 7.41. The van der Waals surface area contributed by atoms with Crippen LogP contribution in [0.2, 0.25) is 0 Å². The van der Waals surface area contributed by atoms with E-state index in [0.29, 0.717) is 0 Å². The van der Waals surface area contributed by atoms with Crippen LogP contribution < -0.4 is 0 Å². The number of aliphatic hydroxyl groups is 1. The first-order valence-electron chi connectivity index (χ1n) is 7.59. The summed E-state index contributed by atoms with van der Waals surface area (Å²) >= 11 is 0. The predicted molar refractivity (Wildman–Crippen MR) is 80.6 cm³/mol. The van der Waals surface area contributed by atoms with Crippen LogP contribution in [-0.4, -0.2) is 30.1 Å². The zero-order valence-corrected chi connectivity index (χ0v) is 13.8. The molecule has 2 unspecified atom stereocenters. The molecule has 24 heavy (non-hydrogen) atoms. The maximum atomic E-state index is 13.2. The molecule has 0 saturated heterocycles. The molecule has 1 rings (SSSR count). The lowest BCUT2D eigenvalue weighted by molar-refractivity contribution is -0.150. The van der Waals surface area contributed by atoms with Gasteiger partial charge < -0.3 is 9.84 Å². The minimum atomic E-state index is -1.57. The van der Waals surface area contributed by atoms with Gasteiger partial charge in [-0.25, -0.2) is 13.2 Å². The van der Waals surface area contributed by atoms with Crippen molar-refractivity contribution in [1.29, 1.82) is 0 Å². The third-order valence-electron chi connectivity index (χ3n) is 3.82. The number of benzene rings is 1. The Morgan fingerprint density at radius 1 is 1.17 bits per heavy atom. The molecule has 1 N–H and O–H groups in total. The van der Waals surface area contributed by atoms with E-state index in [0.717, 1.165) is 19.2 Å². The van der Waals surface area contributed by atoms with E-state index in [9.17, 15) is 27.9 Å². The van der Waals surface area contributed by atoms with Crippen molar-refractivity contribution in [3.63, 3.8) is 0 Å². The second-order valence-corrected chi connectivity index (χ2v) is 5.97. The minimum absolute atomic E-state index is 0.0165. The average molecular weight is 346 g/mol. The number of hydrogen-bond acceptors (Lipinski definition) is 4. The predicted octanol–water partition coefficient (Wildman–Crippen LogP) is 2.80. The van der Waals surface area contributed by atoms with Crippen LogP contribution >= 0.6 is 0 Å². The Balaban J connectivity index is 2.84. The number of esters is 1. The highest BCUT2D eigenvalue weighted by Crippen LogP contribution is 2.20. The quantitative estimate of drug-likeness (QED) is 0.447. The summed E-state index contributed by atoms with van der Waals surface area (Å²) in [6, 6.07) is 1.64. The third kappa shape index (κ3) is 5.33. The van der Waals surface area contributed by atoms with E-state index in [1.54, 1.807) is 13.8 Å². The smallest absolute Gasteiger partial charge is 0.316 e. The number of ether oxygens (including phenoxy) is 1. The second kappa shape index (κ2) is 8.82. The SMILES string of the molecule is COC(=O)C(CCc1cc(F)c(F)c(F)c1)C(=O)CC(O)C(C)C. The van der Waals surface area contributed by atoms with Crippen LogP contribution in [0.15, 0.2) is 12.1 Å². The van der Waals surface area contributed by atoms with Crippen LogP contribution in [0.3, 0.4) is 0 Å². The van der Waals surface area contributed by atoms with Crippen molar-refractivity contribution in [2.45, 2.75) is 39.2 Å². The number of methoxy groups -OCH3 is 1. The number of aliphatic hydroxyl groups excluding tert-OH is 1. The number of rotatable bonds is 8. The van der Waals surface area contributed by atoms with E-state index in [1.807, 2.05) is 0 Å². The largest absolute Gasteiger partial charge is 0.468 e. The van der Waals surface area contributed by atoms with Gasteiger partial charge in [0.05, 0.1) is 13.2 Å². The van der Waals surface area contributed by atoms with Gasteiger partial charge in [0.1, 0.15) is 11.7 Å². The van der Waals surface area contributed by atoms with Gasteiger partial charge in [0.2, 0.25) is 0 Å². The monoisotopic (exact) mass is 346 g/mol. The molecule has 4 nitrogen and oxygen atoms in total. The van der Waals surface area contributed by atoms with Gasteiger partial charge in [-0.05, 0) is 36.5 Å². The summed E-state index contributed by atoms with van der Waals surface area (Å²) in [7, 11) is 1.12. The Morgan fingerprint density at radius 3 is 2.17 bits per heavy atom. The second-order valence-electron chi connectivity index (χ2n) is 5.97. The standard InChI is InChI=1S/C17H21F3O4/c1-9(2)14(21)8-15(22)11(17(23)24-3)5-4-10-6-12(18)16(20)13(19)7-10/h6-7,9,11,14,21H,4-5,8H2,1-3H3. The normalized spacial score (nSPS) is 13.7. The zero-order valence-electron chi connectivity index (χ0n) is 13.8. The van der Waals surface area contributed by atoms with E-state index in [4.69, 9.17) is 0 Å². The average Bonchev–Trinajstić information content (AvgIpc) is 2.51. The molecule has 0 spiro atoms. The topological polar surface area (TPSA) is 63.6 Å². The molecule has 0 saturated carbocycles. The van der Waals surface area contributed by atoms with Gasteiger partial charge >= 0.3 is 5.97 Å². The Morgan fingerprint density at radius 2 is 1.71 bits per heavy atom. The fraction of sp³-hybridized carbons (Fsp3) is 0.529. The molecule has 0 heterocycles. The number of aryl methyl sites for hydroxylation is 1. The number of Topliss-reactive ketones (excluding diaryl/α,β-unsaturated/α-hetero) is 1. The summed E-state index contributed by atoms with van der Waals surface area (Å²) in [6.07, 6.45) is -1.19. The molecule has 2 atom stereocenters. The fourth-order valence-electron chi connectivity index (χ4n) is 2.20. The molecule has 1 aromatic carbocycles. The van der Waals surface area contributed by atoms with Crippen molar-refractivity contribution in [1.82, 2.24) is 0 Å². The van der Waals surface area contributed by atoms with Crippen molar-refractivity contribution in [2.75, 3.05) is 7.11 Å². The van der Waals surface area contributed by atoms with Gasteiger partial charge in [0.15, 0.2) is 17.5 Å². The molecular weight excluding hydrogens is 325 g/mol. The summed E-state index contributed by atoms with van der Waals surface area (Å²) in [4.78, 5) is 24.0. The lowest BCUT2D eigenvalue weighted by Crippen LogP contribution is -2.30. The van der Waals surface area contributed by atoms with Gasteiger partial charge in [0.25, 0.3) is 0 Å². The van der Waals surface area contributed by atoms with Gasteiger partial charge in [-0.1, -0.05) is 13.8 Å². The van der Waals surface area contributed by atoms with Crippen LogP contribution in [0.25, 0.3) is 0 Å². The lowest BCUT2D eigenvalue weighted by Gasteiger charge is -2.18. The maximum Gasteiger partial charge on any atom is 0.316 e. The summed E-state index contributed by atoms with van der Waals surface area (Å²) in [5.41, 5.74) is 0.123. The molecule has 0 fully saturated rings. The number of hydrogen-bond donors (Lipinski definition) is 1. The van der Waals surface area contributed by atoms with E-state index in [-0.39, 0.29) is 30.7 Å². The van der Waals surface area contributed by atoms with E-state index >= 15 is 0 Å². The van der Waals surface area contributed by atoms with Crippen molar-refractivity contribution in [3.8, 4) is 0 Å². The molecule has 134 valence electrons. The van der Waals surface area contributed by atoms with Crippen molar-refractivity contribution < 1.29 is 32.6 Å². The highest BCUT2D eigenvalue weighted by molar-refractivity contribution is 5.99. The van der Waals surface area contributed by atoms with E-state index in [2.05, 4.69) is 4.74 Å². The van der Waals surface area contributed by atoms with Gasteiger partial charge in [-0.15, -0.1) is 0 Å². The molecule has 0 amide bonds. The zero-order chi connectivity index (χ0) is 18.4. The summed E-state index contributed by atoms with van der Waals surface area (Å²) in [5, 5.41) is 9.78. The highest BCUT2D eigenvalue weighted by atomic mass is 19.2. The number of carbonyl (C=O) groups is 2. The third-order valence-corrected chi connectivity index (χ3v) is 3.82. The highest BCUT2D eigenvalue weighted by Gasteiger charge is 2.29. The van der Waals surface area contributed by atoms with Crippen molar-refractivity contribution in [2.24, 2.45) is 11.8 Å². The van der Waals surface area contributed by atoms with Crippen LogP contribution in [0.1, 0.15) is 32.3 Å². The van der Waals surface area contributed by atoms with Crippen LogP contribution in [0.5, 0.6) is 0 Å². The van der Waals surface area contributed by atoms with E-state index in [1.165, 1.54) is 0 Å². The van der Waals surface area contributed by atoms with Crippen molar-refractivity contribution >= 4 is 11.8 Å². The first-order chi connectivity index (χ1) is 11.2. The Bertz CT molecular complexity index is 578. The molecule has 0 aromatic heterocycles. The summed E-state index contributed by atoms with van der Waals surface area (Å²) < 4.78 is 43.9. The fourth-order valence-corrected chi connectivity index (χ4v) is 2.20. The molecule has 1 aromatic rings.